The summed E-state index contributed by atoms with van der Waals surface area (Å²) in [6, 6.07) is 0. The van der Waals surface area contributed by atoms with Gasteiger partial charge in [0.1, 0.15) is 0 Å². The van der Waals surface area contributed by atoms with E-state index < -0.39 is 0 Å². The molecule has 0 radical (unpaired) electrons. The van der Waals surface area contributed by atoms with Gasteiger partial charge < -0.3 is 6.15 Å². The maximum atomic E-state index is 2.51. The van der Waals surface area contributed by atoms with E-state index in [2.05, 4.69) is 24.8 Å². The molecule has 0 aromatic carbocycles. The van der Waals surface area contributed by atoms with Crippen molar-refractivity contribution in [1.82, 2.24) is 11.1 Å². The molecule has 1 heterocycles. The van der Waals surface area contributed by atoms with Gasteiger partial charge in [-0.25, -0.2) is 0 Å². The van der Waals surface area contributed by atoms with E-state index in [0.717, 1.165) is 0 Å². The van der Waals surface area contributed by atoms with Crippen LogP contribution in [0.4, 0.5) is 0 Å². The van der Waals surface area contributed by atoms with E-state index in [1.807, 2.05) is 0 Å². The van der Waals surface area contributed by atoms with Crippen LogP contribution in [0, 0.1) is 0 Å². The fraction of sp³-hybridized carbons (Fsp3) is 0.778. The first-order valence-corrected chi connectivity index (χ1v) is 4.21. The molecule has 1 aliphatic rings. The van der Waals surface area contributed by atoms with Crippen LogP contribution in [0.2, 0.25) is 0 Å². The normalized spacial score (nSPS) is 18.9. The third-order valence-electron chi connectivity index (χ3n) is 2.06. The van der Waals surface area contributed by atoms with Crippen LogP contribution in [0.15, 0.2) is 11.6 Å². The quantitative estimate of drug-likeness (QED) is 0.622. The summed E-state index contributed by atoms with van der Waals surface area (Å²) in [5.41, 5.74) is 1.56. The molecule has 0 atom stereocenters. The fourth-order valence-corrected chi connectivity index (χ4v) is 1.33. The minimum absolute atomic E-state index is 0. The molecular formula is C9H20N2. The van der Waals surface area contributed by atoms with Crippen molar-refractivity contribution < 1.29 is 0 Å². The average Bonchev–Trinajstić information content (AvgIpc) is 1.95. The molecule has 0 saturated carbocycles. The second kappa shape index (κ2) is 5.33. The third-order valence-corrected chi connectivity index (χ3v) is 2.06. The summed E-state index contributed by atoms with van der Waals surface area (Å²) < 4.78 is 0. The number of hydrogen-bond acceptors (Lipinski definition) is 2. The summed E-state index contributed by atoms with van der Waals surface area (Å²) in [7, 11) is 0. The number of hydrogen-bond donors (Lipinski definition) is 1. The van der Waals surface area contributed by atoms with Gasteiger partial charge in [-0.15, -0.1) is 0 Å². The Morgan fingerprint density at radius 1 is 1.55 bits per heavy atom. The van der Waals surface area contributed by atoms with Crippen molar-refractivity contribution in [3.05, 3.63) is 11.6 Å². The maximum absolute atomic E-state index is 2.51. The Bertz CT molecular complexity index is 130. The largest absolute Gasteiger partial charge is 0.344 e. The maximum Gasteiger partial charge on any atom is 0.0165 e. The van der Waals surface area contributed by atoms with Gasteiger partial charge in [0.05, 0.1) is 0 Å². The Balaban J connectivity index is 0.000001000. The molecular weight excluding hydrogens is 136 g/mol. The van der Waals surface area contributed by atoms with Crippen molar-refractivity contribution in [1.29, 1.82) is 0 Å². The van der Waals surface area contributed by atoms with Crippen molar-refractivity contribution in [2.24, 2.45) is 0 Å². The van der Waals surface area contributed by atoms with E-state index >= 15 is 0 Å². The SMILES string of the molecule is CCCN1CC=C(C)CC1.N. The lowest BCUT2D eigenvalue weighted by Gasteiger charge is -2.24. The van der Waals surface area contributed by atoms with Gasteiger partial charge in [-0.3, -0.25) is 4.90 Å². The zero-order valence-electron chi connectivity index (χ0n) is 7.77. The molecule has 3 N–H and O–H groups in total. The van der Waals surface area contributed by atoms with Crippen molar-refractivity contribution in [3.8, 4) is 0 Å². The molecule has 11 heavy (non-hydrogen) atoms. The third kappa shape index (κ3) is 3.54. The predicted molar refractivity (Wildman–Crippen MR) is 50.1 cm³/mol. The van der Waals surface area contributed by atoms with Crippen LogP contribution in [0.1, 0.15) is 26.7 Å². The second-order valence-electron chi connectivity index (χ2n) is 3.10. The zero-order chi connectivity index (χ0) is 7.40. The van der Waals surface area contributed by atoms with Crippen LogP contribution in [-0.2, 0) is 0 Å². The topological polar surface area (TPSA) is 38.2 Å². The van der Waals surface area contributed by atoms with E-state index in [4.69, 9.17) is 0 Å². The van der Waals surface area contributed by atoms with Crippen molar-refractivity contribution in [3.63, 3.8) is 0 Å². The Morgan fingerprint density at radius 2 is 2.27 bits per heavy atom. The summed E-state index contributed by atoms with van der Waals surface area (Å²) in [6.07, 6.45) is 4.91. The number of rotatable bonds is 2. The summed E-state index contributed by atoms with van der Waals surface area (Å²) in [5, 5.41) is 0. The summed E-state index contributed by atoms with van der Waals surface area (Å²) in [6.45, 7) is 8.19. The molecule has 0 amide bonds. The second-order valence-corrected chi connectivity index (χ2v) is 3.10. The molecule has 66 valence electrons. The van der Waals surface area contributed by atoms with Gasteiger partial charge in [-0.2, -0.15) is 0 Å². The van der Waals surface area contributed by atoms with Gasteiger partial charge in [0.25, 0.3) is 0 Å². The summed E-state index contributed by atoms with van der Waals surface area (Å²) >= 11 is 0. The highest BCUT2D eigenvalue weighted by atomic mass is 15.1. The summed E-state index contributed by atoms with van der Waals surface area (Å²) in [5.74, 6) is 0. The minimum Gasteiger partial charge on any atom is -0.344 e. The average molecular weight is 156 g/mol. The van der Waals surface area contributed by atoms with Gasteiger partial charge in [-0.1, -0.05) is 18.6 Å². The molecule has 1 rings (SSSR count). The molecule has 2 heteroatoms. The monoisotopic (exact) mass is 156 g/mol. The molecule has 0 unspecified atom stereocenters. The van der Waals surface area contributed by atoms with Crippen LogP contribution >= 0.6 is 0 Å². The van der Waals surface area contributed by atoms with E-state index in [1.54, 1.807) is 5.57 Å². The molecule has 0 fully saturated rings. The van der Waals surface area contributed by atoms with Crippen molar-refractivity contribution in [2.75, 3.05) is 19.6 Å². The van der Waals surface area contributed by atoms with Crippen LogP contribution < -0.4 is 6.15 Å². The number of nitrogens with zero attached hydrogens (tertiary/aromatic N) is 1. The van der Waals surface area contributed by atoms with Crippen LogP contribution in [0.3, 0.4) is 0 Å². The van der Waals surface area contributed by atoms with Crippen LogP contribution in [0.25, 0.3) is 0 Å². The van der Waals surface area contributed by atoms with Gasteiger partial charge in [0.2, 0.25) is 0 Å². The first-order chi connectivity index (χ1) is 4.83. The highest BCUT2D eigenvalue weighted by Gasteiger charge is 2.06. The van der Waals surface area contributed by atoms with Gasteiger partial charge in [-0.05, 0) is 26.3 Å². The Labute approximate surface area is 69.9 Å². The lowest BCUT2D eigenvalue weighted by molar-refractivity contribution is 0.295. The van der Waals surface area contributed by atoms with E-state index in [0.29, 0.717) is 0 Å². The molecule has 0 aromatic heterocycles. The van der Waals surface area contributed by atoms with E-state index in [-0.39, 0.29) is 6.15 Å². The minimum atomic E-state index is 0. The molecule has 2 nitrogen and oxygen atoms in total. The summed E-state index contributed by atoms with van der Waals surface area (Å²) in [4.78, 5) is 2.51. The van der Waals surface area contributed by atoms with Gasteiger partial charge in [0, 0.05) is 13.1 Å². The van der Waals surface area contributed by atoms with E-state index in [1.165, 1.54) is 32.5 Å². The molecule has 0 bridgehead atoms. The molecule has 0 aromatic rings. The molecule has 1 aliphatic heterocycles. The lowest BCUT2D eigenvalue weighted by atomic mass is 10.1. The molecule has 0 saturated heterocycles. The van der Waals surface area contributed by atoms with Crippen molar-refractivity contribution >= 4 is 0 Å². The van der Waals surface area contributed by atoms with Crippen LogP contribution in [0.5, 0.6) is 0 Å². The predicted octanol–water partition coefficient (Wildman–Crippen LogP) is 2.21. The molecule has 0 aliphatic carbocycles. The standard InChI is InChI=1S/C9H17N.H3N/c1-3-6-10-7-4-9(2)5-8-10;/h4H,3,5-8H2,1-2H3;1H3. The van der Waals surface area contributed by atoms with E-state index in [9.17, 15) is 0 Å². The smallest absolute Gasteiger partial charge is 0.0165 e. The Hall–Kier alpha value is -0.340. The van der Waals surface area contributed by atoms with Crippen molar-refractivity contribution in [2.45, 2.75) is 26.7 Å². The first-order valence-electron chi connectivity index (χ1n) is 4.21. The molecule has 0 spiro atoms. The fourth-order valence-electron chi connectivity index (χ4n) is 1.33. The first kappa shape index (κ1) is 10.7. The Morgan fingerprint density at radius 3 is 2.73 bits per heavy atom. The van der Waals surface area contributed by atoms with Gasteiger partial charge >= 0.3 is 0 Å². The lowest BCUT2D eigenvalue weighted by Crippen LogP contribution is -2.28. The van der Waals surface area contributed by atoms with Crippen LogP contribution in [-0.4, -0.2) is 24.5 Å². The Kier molecular flexibility index (Phi) is 5.16. The van der Waals surface area contributed by atoms with Gasteiger partial charge in [0.15, 0.2) is 0 Å². The highest BCUT2D eigenvalue weighted by molar-refractivity contribution is 5.03. The highest BCUT2D eigenvalue weighted by Crippen LogP contribution is 2.08. The zero-order valence-corrected chi connectivity index (χ0v) is 7.77.